The van der Waals surface area contributed by atoms with Gasteiger partial charge in [0.25, 0.3) is 0 Å². The van der Waals surface area contributed by atoms with Gasteiger partial charge < -0.3 is 11.1 Å². The van der Waals surface area contributed by atoms with E-state index in [2.05, 4.69) is 10.2 Å². The molecule has 1 atom stereocenters. The predicted octanol–water partition coefficient (Wildman–Crippen LogP) is 2.10. The summed E-state index contributed by atoms with van der Waals surface area (Å²) in [6.45, 7) is 4.93. The zero-order valence-corrected chi connectivity index (χ0v) is 13.7. The number of likely N-dealkylation sites (tertiary alicyclic amines) is 1. The van der Waals surface area contributed by atoms with Crippen molar-refractivity contribution < 1.29 is 9.18 Å². The Bertz CT molecular complexity index is 461. The number of carbonyl (C=O) groups is 1. The molecular formula is C16H25ClFN3O. The van der Waals surface area contributed by atoms with Gasteiger partial charge in [-0.3, -0.25) is 9.69 Å². The van der Waals surface area contributed by atoms with Gasteiger partial charge >= 0.3 is 0 Å². The zero-order chi connectivity index (χ0) is 15.2. The molecule has 6 heteroatoms. The monoisotopic (exact) mass is 329 g/mol. The molecule has 1 aromatic rings. The Hall–Kier alpha value is -1.17. The highest BCUT2D eigenvalue weighted by molar-refractivity contribution is 5.85. The van der Waals surface area contributed by atoms with Crippen LogP contribution in [-0.4, -0.2) is 37.0 Å². The van der Waals surface area contributed by atoms with Crippen LogP contribution in [0.3, 0.4) is 0 Å². The summed E-state index contributed by atoms with van der Waals surface area (Å²) in [6.07, 6.45) is 2.13. The topological polar surface area (TPSA) is 58.4 Å². The first kappa shape index (κ1) is 18.9. The van der Waals surface area contributed by atoms with Crippen LogP contribution in [0.15, 0.2) is 24.3 Å². The summed E-state index contributed by atoms with van der Waals surface area (Å²) in [6, 6.07) is 6.12. The molecule has 1 aliphatic heterocycles. The molecule has 4 nitrogen and oxygen atoms in total. The van der Waals surface area contributed by atoms with Crippen molar-refractivity contribution in [3.8, 4) is 0 Å². The fourth-order valence-corrected chi connectivity index (χ4v) is 2.71. The van der Waals surface area contributed by atoms with Crippen molar-refractivity contribution in [3.05, 3.63) is 35.6 Å². The van der Waals surface area contributed by atoms with Gasteiger partial charge in [0.2, 0.25) is 5.91 Å². The number of carbonyl (C=O) groups excluding carboxylic acids is 1. The maximum Gasteiger partial charge on any atom is 0.234 e. The third kappa shape index (κ3) is 5.55. The van der Waals surface area contributed by atoms with Gasteiger partial charge in [-0.1, -0.05) is 12.1 Å². The van der Waals surface area contributed by atoms with Crippen LogP contribution in [0.1, 0.15) is 31.4 Å². The summed E-state index contributed by atoms with van der Waals surface area (Å²) >= 11 is 0. The number of nitrogens with two attached hydrogens (primary N) is 1. The summed E-state index contributed by atoms with van der Waals surface area (Å²) in [5.41, 5.74) is 6.58. The zero-order valence-electron chi connectivity index (χ0n) is 12.9. The number of piperidine rings is 1. The van der Waals surface area contributed by atoms with Gasteiger partial charge in [-0.05, 0) is 63.0 Å². The first-order chi connectivity index (χ1) is 10.1. The van der Waals surface area contributed by atoms with Crippen molar-refractivity contribution in [1.29, 1.82) is 0 Å². The first-order valence-corrected chi connectivity index (χ1v) is 7.55. The smallest absolute Gasteiger partial charge is 0.234 e. The number of hydrogen-bond donors (Lipinski definition) is 2. The van der Waals surface area contributed by atoms with Gasteiger partial charge in [-0.15, -0.1) is 12.4 Å². The van der Waals surface area contributed by atoms with E-state index in [0.717, 1.165) is 38.0 Å². The fraction of sp³-hybridized carbons (Fsp3) is 0.562. The van der Waals surface area contributed by atoms with Gasteiger partial charge in [-0.25, -0.2) is 4.39 Å². The maximum atomic E-state index is 12.9. The number of rotatable bonds is 5. The van der Waals surface area contributed by atoms with Gasteiger partial charge in [0, 0.05) is 0 Å². The molecule has 1 saturated heterocycles. The van der Waals surface area contributed by atoms with E-state index in [9.17, 15) is 9.18 Å². The first-order valence-electron chi connectivity index (χ1n) is 7.55. The summed E-state index contributed by atoms with van der Waals surface area (Å²) in [5.74, 6) is 0.348. The minimum absolute atomic E-state index is 0. The Morgan fingerprint density at radius 2 is 1.95 bits per heavy atom. The lowest BCUT2D eigenvalue weighted by Gasteiger charge is -2.31. The Labute approximate surface area is 137 Å². The lowest BCUT2D eigenvalue weighted by atomic mass is 9.97. The van der Waals surface area contributed by atoms with Crippen molar-refractivity contribution in [2.75, 3.05) is 26.2 Å². The predicted molar refractivity (Wildman–Crippen MR) is 88.4 cm³/mol. The number of nitrogens with one attached hydrogen (secondary N) is 1. The molecule has 1 heterocycles. The van der Waals surface area contributed by atoms with Crippen molar-refractivity contribution in [3.63, 3.8) is 0 Å². The van der Waals surface area contributed by atoms with E-state index in [1.54, 1.807) is 12.1 Å². The second kappa shape index (κ2) is 9.08. The molecule has 3 N–H and O–H groups in total. The Morgan fingerprint density at radius 1 is 1.36 bits per heavy atom. The molecule has 0 radical (unpaired) electrons. The minimum Gasteiger partial charge on any atom is -0.348 e. The maximum absolute atomic E-state index is 12.9. The van der Waals surface area contributed by atoms with E-state index in [4.69, 9.17) is 5.73 Å². The van der Waals surface area contributed by atoms with Crippen LogP contribution in [0.4, 0.5) is 4.39 Å². The summed E-state index contributed by atoms with van der Waals surface area (Å²) in [5, 5.41) is 2.96. The molecule has 0 bridgehead atoms. The highest BCUT2D eigenvalue weighted by Crippen LogP contribution is 2.16. The molecule has 1 amide bonds. The molecule has 2 rings (SSSR count). The van der Waals surface area contributed by atoms with Gasteiger partial charge in [0.1, 0.15) is 5.82 Å². The Kier molecular flexibility index (Phi) is 7.79. The molecule has 1 unspecified atom stereocenters. The number of hydrogen-bond acceptors (Lipinski definition) is 3. The molecular weight excluding hydrogens is 305 g/mol. The van der Waals surface area contributed by atoms with Crippen molar-refractivity contribution in [2.45, 2.75) is 25.8 Å². The molecule has 124 valence electrons. The lowest BCUT2D eigenvalue weighted by Crippen LogP contribution is -2.43. The van der Waals surface area contributed by atoms with Crippen molar-refractivity contribution in [2.24, 2.45) is 11.7 Å². The fourth-order valence-electron chi connectivity index (χ4n) is 2.71. The normalized spacial score (nSPS) is 17.6. The molecule has 0 spiro atoms. The van der Waals surface area contributed by atoms with E-state index in [-0.39, 0.29) is 30.2 Å². The van der Waals surface area contributed by atoms with Crippen LogP contribution in [0, 0.1) is 11.7 Å². The van der Waals surface area contributed by atoms with Gasteiger partial charge in [-0.2, -0.15) is 0 Å². The van der Waals surface area contributed by atoms with E-state index >= 15 is 0 Å². The number of halogens is 2. The number of amides is 1. The van der Waals surface area contributed by atoms with Crippen LogP contribution in [0.5, 0.6) is 0 Å². The SMILES string of the molecule is CC(NC(=O)CN1CCC(CN)CC1)c1ccc(F)cc1.Cl. The van der Waals surface area contributed by atoms with Crippen LogP contribution >= 0.6 is 12.4 Å². The number of benzene rings is 1. The van der Waals surface area contributed by atoms with Gasteiger partial charge in [0.05, 0.1) is 12.6 Å². The molecule has 0 aliphatic carbocycles. The molecule has 0 aromatic heterocycles. The highest BCUT2D eigenvalue weighted by Gasteiger charge is 2.20. The minimum atomic E-state index is -0.264. The van der Waals surface area contributed by atoms with Gasteiger partial charge in [0.15, 0.2) is 0 Å². The van der Waals surface area contributed by atoms with E-state index in [1.165, 1.54) is 12.1 Å². The van der Waals surface area contributed by atoms with Crippen LogP contribution in [-0.2, 0) is 4.79 Å². The van der Waals surface area contributed by atoms with E-state index in [0.29, 0.717) is 12.5 Å². The van der Waals surface area contributed by atoms with E-state index < -0.39 is 0 Å². The Balaban J connectivity index is 0.00000242. The molecule has 1 aliphatic rings. The largest absolute Gasteiger partial charge is 0.348 e. The standard InChI is InChI=1S/C16H24FN3O.ClH/c1-12(14-2-4-15(17)5-3-14)19-16(21)11-20-8-6-13(10-18)7-9-20;/h2-5,12-13H,6-11,18H2,1H3,(H,19,21);1H. The highest BCUT2D eigenvalue weighted by atomic mass is 35.5. The summed E-state index contributed by atoms with van der Waals surface area (Å²) in [4.78, 5) is 14.2. The van der Waals surface area contributed by atoms with Crippen molar-refractivity contribution in [1.82, 2.24) is 10.2 Å². The van der Waals surface area contributed by atoms with Crippen LogP contribution in [0.25, 0.3) is 0 Å². The average Bonchev–Trinajstić information content (AvgIpc) is 2.48. The lowest BCUT2D eigenvalue weighted by molar-refractivity contribution is -0.123. The third-order valence-electron chi connectivity index (χ3n) is 4.16. The van der Waals surface area contributed by atoms with Crippen LogP contribution in [0.2, 0.25) is 0 Å². The van der Waals surface area contributed by atoms with Crippen molar-refractivity contribution >= 4 is 18.3 Å². The second-order valence-corrected chi connectivity index (χ2v) is 5.80. The molecule has 1 aromatic carbocycles. The second-order valence-electron chi connectivity index (χ2n) is 5.80. The molecule has 0 saturated carbocycles. The quantitative estimate of drug-likeness (QED) is 0.869. The average molecular weight is 330 g/mol. The number of nitrogens with zero attached hydrogens (tertiary/aromatic N) is 1. The summed E-state index contributed by atoms with van der Waals surface area (Å²) < 4.78 is 12.9. The Morgan fingerprint density at radius 3 is 2.50 bits per heavy atom. The van der Waals surface area contributed by atoms with Crippen LogP contribution < -0.4 is 11.1 Å². The third-order valence-corrected chi connectivity index (χ3v) is 4.16. The molecule has 1 fully saturated rings. The van der Waals surface area contributed by atoms with E-state index in [1.807, 2.05) is 6.92 Å². The summed E-state index contributed by atoms with van der Waals surface area (Å²) in [7, 11) is 0. The molecule has 22 heavy (non-hydrogen) atoms.